The molecule has 0 saturated carbocycles. The van der Waals surface area contributed by atoms with Crippen LogP contribution in [0.5, 0.6) is 5.75 Å². The molecule has 0 aliphatic heterocycles. The number of carbonyl (C=O) groups is 1. The van der Waals surface area contributed by atoms with Gasteiger partial charge in [-0.15, -0.1) is 0 Å². The minimum atomic E-state index is -0.481. The third-order valence-electron chi connectivity index (χ3n) is 4.84. The lowest BCUT2D eigenvalue weighted by atomic mass is 10.1. The number of amides is 1. The maximum atomic E-state index is 12.9. The van der Waals surface area contributed by atoms with Crippen molar-refractivity contribution in [2.45, 2.75) is 33.4 Å². The van der Waals surface area contributed by atoms with Gasteiger partial charge < -0.3 is 9.47 Å². The Hall–Kier alpha value is -3.52. The number of hydrazone groups is 1. The fourth-order valence-electron chi connectivity index (χ4n) is 3.29. The Kier molecular flexibility index (Phi) is 7.15. The molecule has 31 heavy (non-hydrogen) atoms. The quantitative estimate of drug-likeness (QED) is 0.445. The molecular formula is C23H26N4O4. The van der Waals surface area contributed by atoms with Crippen molar-refractivity contribution in [2.24, 2.45) is 5.10 Å². The molecule has 0 radical (unpaired) electrons. The topological polar surface area (TPSA) is 94.8 Å². The highest BCUT2D eigenvalue weighted by molar-refractivity contribution is 6.06. The van der Waals surface area contributed by atoms with E-state index in [1.165, 1.54) is 4.68 Å². The zero-order valence-corrected chi connectivity index (χ0v) is 18.1. The number of aryl methyl sites for hydroxylation is 1. The van der Waals surface area contributed by atoms with Crippen molar-refractivity contribution >= 4 is 22.4 Å². The number of rotatable bonds is 8. The van der Waals surface area contributed by atoms with Crippen molar-refractivity contribution in [3.8, 4) is 5.75 Å². The third-order valence-corrected chi connectivity index (χ3v) is 4.84. The standard InChI is InChI=1S/C23H26N4O4/c1-5-12-27-23(29)19-9-7-6-8-18(19)21(26-27)22(28)25-24-15(2)16-10-11-20(31-4)17(13-16)14-30-3/h6-11,13H,5,12,14H2,1-4H3,(H,25,28)/b24-15-. The molecule has 1 heterocycles. The first-order valence-electron chi connectivity index (χ1n) is 10.0. The molecule has 1 amide bonds. The number of carbonyl (C=O) groups excluding carboxylic acids is 1. The van der Waals surface area contributed by atoms with Crippen LogP contribution >= 0.6 is 0 Å². The molecule has 1 N–H and O–H groups in total. The Morgan fingerprint density at radius 2 is 1.90 bits per heavy atom. The normalized spacial score (nSPS) is 11.5. The van der Waals surface area contributed by atoms with Gasteiger partial charge in [0.1, 0.15) is 5.75 Å². The van der Waals surface area contributed by atoms with Gasteiger partial charge in [-0.05, 0) is 43.2 Å². The minimum absolute atomic E-state index is 0.162. The summed E-state index contributed by atoms with van der Waals surface area (Å²) >= 11 is 0. The van der Waals surface area contributed by atoms with Gasteiger partial charge >= 0.3 is 0 Å². The van der Waals surface area contributed by atoms with E-state index in [0.717, 1.165) is 23.3 Å². The van der Waals surface area contributed by atoms with Crippen molar-refractivity contribution in [2.75, 3.05) is 14.2 Å². The smallest absolute Gasteiger partial charge is 0.292 e. The number of fused-ring (bicyclic) bond motifs is 1. The highest BCUT2D eigenvalue weighted by atomic mass is 16.5. The van der Waals surface area contributed by atoms with E-state index >= 15 is 0 Å². The molecular weight excluding hydrogens is 396 g/mol. The SMILES string of the molecule is CCCn1nc(C(=O)N/N=C(/C)c2ccc(OC)c(COC)c2)c2ccccc2c1=O. The molecule has 0 aliphatic carbocycles. The Morgan fingerprint density at radius 3 is 2.58 bits per heavy atom. The third kappa shape index (κ3) is 4.80. The summed E-state index contributed by atoms with van der Waals surface area (Å²) in [7, 11) is 3.22. The second-order valence-corrected chi connectivity index (χ2v) is 7.02. The summed E-state index contributed by atoms with van der Waals surface area (Å²) in [6.07, 6.45) is 0.727. The van der Waals surface area contributed by atoms with Crippen LogP contribution in [0.2, 0.25) is 0 Å². The van der Waals surface area contributed by atoms with Gasteiger partial charge in [0.25, 0.3) is 11.5 Å². The molecule has 8 heteroatoms. The van der Waals surface area contributed by atoms with Crippen molar-refractivity contribution < 1.29 is 14.3 Å². The molecule has 8 nitrogen and oxygen atoms in total. The molecule has 0 atom stereocenters. The monoisotopic (exact) mass is 422 g/mol. The fourth-order valence-corrected chi connectivity index (χ4v) is 3.29. The Morgan fingerprint density at radius 1 is 1.16 bits per heavy atom. The van der Waals surface area contributed by atoms with E-state index in [2.05, 4.69) is 15.6 Å². The van der Waals surface area contributed by atoms with Crippen LogP contribution < -0.4 is 15.7 Å². The average molecular weight is 422 g/mol. The second kappa shape index (κ2) is 9.99. The Balaban J connectivity index is 1.92. The highest BCUT2D eigenvalue weighted by Crippen LogP contribution is 2.21. The predicted molar refractivity (Wildman–Crippen MR) is 120 cm³/mol. The molecule has 0 bridgehead atoms. The van der Waals surface area contributed by atoms with Crippen LogP contribution in [-0.4, -0.2) is 35.6 Å². The van der Waals surface area contributed by atoms with Gasteiger partial charge in [-0.3, -0.25) is 9.59 Å². The molecule has 0 aliphatic rings. The summed E-state index contributed by atoms with van der Waals surface area (Å²) in [5, 5.41) is 9.48. The van der Waals surface area contributed by atoms with E-state index in [1.807, 2.05) is 25.1 Å². The van der Waals surface area contributed by atoms with Gasteiger partial charge in [-0.2, -0.15) is 10.2 Å². The van der Waals surface area contributed by atoms with E-state index in [-0.39, 0.29) is 11.3 Å². The van der Waals surface area contributed by atoms with Crippen LogP contribution in [0.15, 0.2) is 52.4 Å². The summed E-state index contributed by atoms with van der Waals surface area (Å²) in [5.41, 5.74) is 4.83. The molecule has 0 unspecified atom stereocenters. The average Bonchev–Trinajstić information content (AvgIpc) is 2.79. The molecule has 162 valence electrons. The van der Waals surface area contributed by atoms with Crippen LogP contribution in [0.1, 0.15) is 41.9 Å². The number of benzene rings is 2. The predicted octanol–water partition coefficient (Wildman–Crippen LogP) is 3.12. The van der Waals surface area contributed by atoms with Gasteiger partial charge in [0, 0.05) is 24.6 Å². The van der Waals surface area contributed by atoms with Crippen LogP contribution in [0.3, 0.4) is 0 Å². The number of aromatic nitrogens is 2. The van der Waals surface area contributed by atoms with E-state index in [0.29, 0.717) is 29.6 Å². The number of ether oxygens (including phenoxy) is 2. The largest absolute Gasteiger partial charge is 0.496 e. The van der Waals surface area contributed by atoms with Gasteiger partial charge in [0.05, 0.1) is 24.8 Å². The molecule has 0 saturated heterocycles. The van der Waals surface area contributed by atoms with Gasteiger partial charge in [0.2, 0.25) is 0 Å². The maximum Gasteiger partial charge on any atom is 0.292 e. The lowest BCUT2D eigenvalue weighted by molar-refractivity contribution is 0.0949. The maximum absolute atomic E-state index is 12.9. The first-order chi connectivity index (χ1) is 15.0. The van der Waals surface area contributed by atoms with Crippen molar-refractivity contribution in [1.29, 1.82) is 0 Å². The van der Waals surface area contributed by atoms with Crippen LogP contribution in [0.25, 0.3) is 10.8 Å². The summed E-state index contributed by atoms with van der Waals surface area (Å²) in [6.45, 7) is 4.57. The van der Waals surface area contributed by atoms with Gasteiger partial charge in [-0.25, -0.2) is 10.1 Å². The van der Waals surface area contributed by atoms with E-state index in [4.69, 9.17) is 9.47 Å². The first kappa shape index (κ1) is 22.2. The van der Waals surface area contributed by atoms with Crippen LogP contribution in [0.4, 0.5) is 0 Å². The van der Waals surface area contributed by atoms with Gasteiger partial charge in [0.15, 0.2) is 5.69 Å². The van der Waals surface area contributed by atoms with Crippen LogP contribution in [-0.2, 0) is 17.9 Å². The summed E-state index contributed by atoms with van der Waals surface area (Å²) in [6, 6.07) is 12.6. The number of hydrogen-bond donors (Lipinski definition) is 1. The minimum Gasteiger partial charge on any atom is -0.496 e. The van der Waals surface area contributed by atoms with Crippen LogP contribution in [0, 0.1) is 0 Å². The number of methoxy groups -OCH3 is 2. The second-order valence-electron chi connectivity index (χ2n) is 7.02. The summed E-state index contributed by atoms with van der Waals surface area (Å²) < 4.78 is 11.9. The van der Waals surface area contributed by atoms with Gasteiger partial charge in [-0.1, -0.05) is 25.1 Å². The molecule has 3 rings (SSSR count). The van der Waals surface area contributed by atoms with Crippen molar-refractivity contribution in [3.63, 3.8) is 0 Å². The van der Waals surface area contributed by atoms with Crippen molar-refractivity contribution in [1.82, 2.24) is 15.2 Å². The number of nitrogens with one attached hydrogen (secondary N) is 1. The summed E-state index contributed by atoms with van der Waals surface area (Å²) in [4.78, 5) is 25.5. The molecule has 2 aromatic carbocycles. The lowest BCUT2D eigenvalue weighted by Gasteiger charge is -2.11. The first-order valence-corrected chi connectivity index (χ1v) is 10.0. The van der Waals surface area contributed by atoms with E-state index in [1.54, 1.807) is 45.4 Å². The highest BCUT2D eigenvalue weighted by Gasteiger charge is 2.16. The van der Waals surface area contributed by atoms with Crippen molar-refractivity contribution in [3.05, 3.63) is 69.6 Å². The number of nitrogens with zero attached hydrogens (tertiary/aromatic N) is 3. The fraction of sp³-hybridized carbons (Fsp3) is 0.304. The molecule has 0 spiro atoms. The Bertz CT molecular complexity index is 1180. The lowest BCUT2D eigenvalue weighted by Crippen LogP contribution is -2.29. The molecule has 1 aromatic heterocycles. The number of hydrogen-bond acceptors (Lipinski definition) is 6. The molecule has 3 aromatic rings. The Labute approximate surface area is 180 Å². The zero-order chi connectivity index (χ0) is 22.4. The van der Waals surface area contributed by atoms with E-state index < -0.39 is 5.91 Å². The molecule has 0 fully saturated rings. The summed E-state index contributed by atoms with van der Waals surface area (Å²) in [5.74, 6) is 0.238. The zero-order valence-electron chi connectivity index (χ0n) is 18.1. The van der Waals surface area contributed by atoms with E-state index in [9.17, 15) is 9.59 Å².